The van der Waals surface area contributed by atoms with Gasteiger partial charge in [-0.25, -0.2) is 4.39 Å². The maximum Gasteiger partial charge on any atom is 0.222 e. The number of nitrogens with one attached hydrogen (secondary N) is 1. The van der Waals surface area contributed by atoms with Crippen molar-refractivity contribution in [2.75, 3.05) is 26.2 Å². The van der Waals surface area contributed by atoms with E-state index < -0.39 is 0 Å². The van der Waals surface area contributed by atoms with Gasteiger partial charge < -0.3 is 10.2 Å². The summed E-state index contributed by atoms with van der Waals surface area (Å²) in [6.45, 7) is 5.12. The maximum atomic E-state index is 13.8. The molecule has 0 radical (unpaired) electrons. The van der Waals surface area contributed by atoms with Crippen LogP contribution < -0.4 is 5.32 Å². The van der Waals surface area contributed by atoms with Crippen molar-refractivity contribution in [1.82, 2.24) is 10.2 Å². The first-order chi connectivity index (χ1) is 9.59. The molecule has 1 amide bonds. The fraction of sp³-hybridized carbons (Fsp3) is 0.533. The second-order valence-corrected chi connectivity index (χ2v) is 5.61. The molecule has 0 aromatic heterocycles. The summed E-state index contributed by atoms with van der Waals surface area (Å²) in [5, 5.41) is 3.65. The standard InChI is InChI=1S/C15H20ClFN2O/c1-11(15-12(16)3-2-4-13(15)17)5-6-14(20)19-9-7-18-8-10-19/h2-4,11,18H,5-10H2,1H3. The quantitative estimate of drug-likeness (QED) is 0.927. The number of hydrogen-bond acceptors (Lipinski definition) is 2. The zero-order valence-electron chi connectivity index (χ0n) is 11.7. The Labute approximate surface area is 124 Å². The molecule has 1 aliphatic heterocycles. The van der Waals surface area contributed by atoms with E-state index in [0.29, 0.717) is 23.4 Å². The second kappa shape index (κ2) is 7.04. The minimum Gasteiger partial charge on any atom is -0.340 e. The first-order valence-electron chi connectivity index (χ1n) is 7.02. The highest BCUT2D eigenvalue weighted by atomic mass is 35.5. The number of carbonyl (C=O) groups excluding carboxylic acids is 1. The average molecular weight is 299 g/mol. The fourth-order valence-electron chi connectivity index (χ4n) is 2.54. The van der Waals surface area contributed by atoms with E-state index >= 15 is 0 Å². The van der Waals surface area contributed by atoms with Crippen LogP contribution in [0.2, 0.25) is 5.02 Å². The Kier molecular flexibility index (Phi) is 5.38. The molecule has 1 aliphatic rings. The van der Waals surface area contributed by atoms with Gasteiger partial charge in [-0.15, -0.1) is 0 Å². The molecule has 1 saturated heterocycles. The Morgan fingerprint density at radius 3 is 2.80 bits per heavy atom. The summed E-state index contributed by atoms with van der Waals surface area (Å²) in [4.78, 5) is 13.9. The summed E-state index contributed by atoms with van der Waals surface area (Å²) in [7, 11) is 0. The van der Waals surface area contributed by atoms with Crippen LogP contribution in [0.1, 0.15) is 31.2 Å². The van der Waals surface area contributed by atoms with Gasteiger partial charge in [0.15, 0.2) is 0 Å². The van der Waals surface area contributed by atoms with Crippen molar-refractivity contribution in [1.29, 1.82) is 0 Å². The summed E-state index contributed by atoms with van der Waals surface area (Å²) in [6.07, 6.45) is 1.05. The number of nitrogens with zero attached hydrogens (tertiary/aromatic N) is 1. The highest BCUT2D eigenvalue weighted by Gasteiger charge is 2.19. The van der Waals surface area contributed by atoms with Crippen LogP contribution in [-0.2, 0) is 4.79 Å². The third kappa shape index (κ3) is 3.70. The Morgan fingerprint density at radius 1 is 1.45 bits per heavy atom. The second-order valence-electron chi connectivity index (χ2n) is 5.21. The molecule has 0 aliphatic carbocycles. The summed E-state index contributed by atoms with van der Waals surface area (Å²) >= 11 is 6.04. The largest absolute Gasteiger partial charge is 0.340 e. The van der Waals surface area contributed by atoms with Gasteiger partial charge in [-0.1, -0.05) is 24.6 Å². The lowest BCUT2D eigenvalue weighted by molar-refractivity contribution is -0.131. The van der Waals surface area contributed by atoms with Crippen LogP contribution >= 0.6 is 11.6 Å². The first kappa shape index (κ1) is 15.3. The molecule has 1 fully saturated rings. The van der Waals surface area contributed by atoms with Gasteiger partial charge in [0, 0.05) is 43.2 Å². The Hall–Kier alpha value is -1.13. The Bertz CT molecular complexity index is 455. The number of carbonyl (C=O) groups is 1. The highest BCUT2D eigenvalue weighted by Crippen LogP contribution is 2.30. The normalized spacial score (nSPS) is 17.1. The lowest BCUT2D eigenvalue weighted by Crippen LogP contribution is -2.46. The van der Waals surface area contributed by atoms with Gasteiger partial charge in [-0.05, 0) is 24.5 Å². The molecular formula is C15H20ClFN2O. The van der Waals surface area contributed by atoms with Crippen LogP contribution in [-0.4, -0.2) is 37.0 Å². The van der Waals surface area contributed by atoms with E-state index in [-0.39, 0.29) is 17.6 Å². The summed E-state index contributed by atoms with van der Waals surface area (Å²) in [5.74, 6) is -0.207. The molecule has 1 heterocycles. The van der Waals surface area contributed by atoms with Crippen molar-refractivity contribution < 1.29 is 9.18 Å². The third-order valence-electron chi connectivity index (χ3n) is 3.75. The van der Waals surface area contributed by atoms with E-state index in [4.69, 9.17) is 11.6 Å². The predicted octanol–water partition coefficient (Wildman–Crippen LogP) is 2.79. The molecule has 5 heteroatoms. The monoisotopic (exact) mass is 298 g/mol. The van der Waals surface area contributed by atoms with Crippen molar-refractivity contribution in [3.63, 3.8) is 0 Å². The molecule has 1 aromatic carbocycles. The van der Waals surface area contributed by atoms with Gasteiger partial charge in [0.25, 0.3) is 0 Å². The molecule has 3 nitrogen and oxygen atoms in total. The predicted molar refractivity (Wildman–Crippen MR) is 78.5 cm³/mol. The molecule has 2 rings (SSSR count). The van der Waals surface area contributed by atoms with Crippen molar-refractivity contribution in [3.05, 3.63) is 34.6 Å². The summed E-state index contributed by atoms with van der Waals surface area (Å²) in [5.41, 5.74) is 0.516. The lowest BCUT2D eigenvalue weighted by atomic mass is 9.95. The maximum absolute atomic E-state index is 13.8. The number of rotatable bonds is 4. The van der Waals surface area contributed by atoms with Crippen LogP contribution in [0.15, 0.2) is 18.2 Å². The molecule has 20 heavy (non-hydrogen) atoms. The minimum atomic E-state index is -0.292. The van der Waals surface area contributed by atoms with Crippen LogP contribution in [0.3, 0.4) is 0 Å². The molecule has 1 unspecified atom stereocenters. The van der Waals surface area contributed by atoms with Crippen molar-refractivity contribution in [2.24, 2.45) is 0 Å². The molecular weight excluding hydrogens is 279 g/mol. The summed E-state index contributed by atoms with van der Waals surface area (Å²) in [6, 6.07) is 4.70. The minimum absolute atomic E-state index is 0.0597. The SMILES string of the molecule is CC(CCC(=O)N1CCNCC1)c1c(F)cccc1Cl. The van der Waals surface area contributed by atoms with Crippen LogP contribution in [0.5, 0.6) is 0 Å². The topological polar surface area (TPSA) is 32.3 Å². The van der Waals surface area contributed by atoms with Crippen molar-refractivity contribution >= 4 is 17.5 Å². The van der Waals surface area contributed by atoms with Gasteiger partial charge >= 0.3 is 0 Å². The van der Waals surface area contributed by atoms with E-state index in [9.17, 15) is 9.18 Å². The number of piperazine rings is 1. The van der Waals surface area contributed by atoms with Gasteiger partial charge in [-0.2, -0.15) is 0 Å². The van der Waals surface area contributed by atoms with E-state index in [1.54, 1.807) is 12.1 Å². The van der Waals surface area contributed by atoms with Gasteiger partial charge in [0.05, 0.1) is 0 Å². The van der Waals surface area contributed by atoms with E-state index in [2.05, 4.69) is 5.32 Å². The van der Waals surface area contributed by atoms with Crippen LogP contribution in [0.4, 0.5) is 4.39 Å². The number of benzene rings is 1. The first-order valence-corrected chi connectivity index (χ1v) is 7.40. The molecule has 1 atom stereocenters. The molecule has 0 bridgehead atoms. The van der Waals surface area contributed by atoms with Gasteiger partial charge in [0.2, 0.25) is 5.91 Å². The van der Waals surface area contributed by atoms with Crippen molar-refractivity contribution in [2.45, 2.75) is 25.7 Å². The van der Waals surface area contributed by atoms with E-state index in [0.717, 1.165) is 26.2 Å². The fourth-order valence-corrected chi connectivity index (χ4v) is 2.89. The molecule has 0 saturated carbocycles. The molecule has 1 aromatic rings. The average Bonchev–Trinajstić information content (AvgIpc) is 2.45. The zero-order valence-corrected chi connectivity index (χ0v) is 12.4. The molecule has 110 valence electrons. The molecule has 0 spiro atoms. The molecule has 1 N–H and O–H groups in total. The van der Waals surface area contributed by atoms with Gasteiger partial charge in [-0.3, -0.25) is 4.79 Å². The van der Waals surface area contributed by atoms with Crippen LogP contribution in [0.25, 0.3) is 0 Å². The highest BCUT2D eigenvalue weighted by molar-refractivity contribution is 6.31. The zero-order chi connectivity index (χ0) is 14.5. The van der Waals surface area contributed by atoms with Crippen LogP contribution in [0, 0.1) is 5.82 Å². The Morgan fingerprint density at radius 2 is 2.15 bits per heavy atom. The number of halogens is 2. The third-order valence-corrected chi connectivity index (χ3v) is 4.08. The number of hydrogen-bond donors (Lipinski definition) is 1. The summed E-state index contributed by atoms with van der Waals surface area (Å²) < 4.78 is 13.8. The number of amides is 1. The van der Waals surface area contributed by atoms with E-state index in [1.807, 2.05) is 11.8 Å². The Balaban J connectivity index is 1.91. The van der Waals surface area contributed by atoms with E-state index in [1.165, 1.54) is 6.07 Å². The smallest absolute Gasteiger partial charge is 0.222 e. The lowest BCUT2D eigenvalue weighted by Gasteiger charge is -2.28. The van der Waals surface area contributed by atoms with Crippen molar-refractivity contribution in [3.8, 4) is 0 Å². The van der Waals surface area contributed by atoms with Gasteiger partial charge in [0.1, 0.15) is 5.82 Å².